The van der Waals surface area contributed by atoms with Crippen LogP contribution >= 0.6 is 11.6 Å². The van der Waals surface area contributed by atoms with E-state index in [9.17, 15) is 13.2 Å². The third-order valence-corrected chi connectivity index (χ3v) is 5.67. The van der Waals surface area contributed by atoms with Crippen LogP contribution in [0.15, 0.2) is 46.4 Å². The Morgan fingerprint density at radius 1 is 1.37 bits per heavy atom. The first-order valence-electron chi connectivity index (χ1n) is 8.73. The summed E-state index contributed by atoms with van der Waals surface area (Å²) in [5.41, 5.74) is 1.84. The zero-order valence-electron chi connectivity index (χ0n) is 15.9. The third-order valence-electron chi connectivity index (χ3n) is 4.40. The van der Waals surface area contributed by atoms with E-state index < -0.39 is 15.9 Å². The number of benzene rings is 1. The van der Waals surface area contributed by atoms with Gasteiger partial charge in [0.25, 0.3) is 0 Å². The molecule has 0 amide bonds. The maximum Gasteiger partial charge on any atom is 0.177 e. The summed E-state index contributed by atoms with van der Waals surface area (Å²) in [7, 11) is -3.44. The average Bonchev–Trinajstić information content (AvgIpc) is 2.59. The van der Waals surface area contributed by atoms with Crippen molar-refractivity contribution in [2.75, 3.05) is 42.7 Å². The minimum atomic E-state index is -3.44. The molecule has 27 heavy (non-hydrogen) atoms. The van der Waals surface area contributed by atoms with Crippen molar-refractivity contribution in [3.8, 4) is 0 Å². The van der Waals surface area contributed by atoms with Crippen LogP contribution in [-0.4, -0.2) is 52.7 Å². The lowest BCUT2D eigenvalue weighted by Gasteiger charge is -2.30. The van der Waals surface area contributed by atoms with E-state index in [0.29, 0.717) is 11.3 Å². The molecule has 8 heteroatoms. The molecule has 6 nitrogen and oxygen atoms in total. The van der Waals surface area contributed by atoms with Crippen LogP contribution in [-0.2, 0) is 14.6 Å². The molecule has 148 valence electrons. The van der Waals surface area contributed by atoms with Crippen molar-refractivity contribution in [1.29, 1.82) is 0 Å². The van der Waals surface area contributed by atoms with Crippen molar-refractivity contribution in [3.05, 3.63) is 41.5 Å². The van der Waals surface area contributed by atoms with Gasteiger partial charge < -0.3 is 15.5 Å². The van der Waals surface area contributed by atoms with Crippen LogP contribution in [0.2, 0.25) is 0 Å². The molecule has 0 saturated carbocycles. The summed E-state index contributed by atoms with van der Waals surface area (Å²) in [4.78, 5) is 14.4. The van der Waals surface area contributed by atoms with Crippen molar-refractivity contribution in [2.24, 2.45) is 0 Å². The number of ketones is 1. The highest BCUT2D eigenvalue weighted by Crippen LogP contribution is 2.29. The minimum Gasteiger partial charge on any atom is -0.377 e. The number of carbonyl (C=O) groups excluding carboxylic acids is 1. The van der Waals surface area contributed by atoms with E-state index in [1.165, 1.54) is 19.3 Å². The second-order valence-corrected chi connectivity index (χ2v) is 9.13. The van der Waals surface area contributed by atoms with Crippen LogP contribution in [0.25, 0.3) is 0 Å². The molecule has 1 heterocycles. The number of halogens is 1. The predicted octanol–water partition coefficient (Wildman–Crippen LogP) is 2.57. The van der Waals surface area contributed by atoms with Gasteiger partial charge in [0.2, 0.25) is 0 Å². The third kappa shape index (κ3) is 5.82. The van der Waals surface area contributed by atoms with Crippen molar-refractivity contribution in [2.45, 2.75) is 24.8 Å². The second kappa shape index (κ2) is 8.91. The van der Waals surface area contributed by atoms with E-state index >= 15 is 0 Å². The minimum absolute atomic E-state index is 0.157. The lowest BCUT2D eigenvalue weighted by Crippen LogP contribution is -2.43. The quantitative estimate of drug-likeness (QED) is 0.530. The van der Waals surface area contributed by atoms with Gasteiger partial charge in [0.15, 0.2) is 15.6 Å². The SMILES string of the molecule is C=C(Cl)/C=C(\C(C)=O)C(C)Nc1cc(N2CCNCC2)ccc1S(C)(=O)=O. The van der Waals surface area contributed by atoms with E-state index in [1.54, 1.807) is 13.0 Å². The largest absolute Gasteiger partial charge is 0.377 e. The Morgan fingerprint density at radius 2 is 2.00 bits per heavy atom. The molecule has 1 fully saturated rings. The first-order chi connectivity index (χ1) is 12.6. The van der Waals surface area contributed by atoms with Crippen LogP contribution in [0.1, 0.15) is 13.8 Å². The Kier molecular flexibility index (Phi) is 7.08. The molecule has 1 unspecified atom stereocenters. The van der Waals surface area contributed by atoms with Gasteiger partial charge in [-0.15, -0.1) is 0 Å². The average molecular weight is 412 g/mol. The summed E-state index contributed by atoms with van der Waals surface area (Å²) in [6, 6.07) is 4.82. The molecule has 2 rings (SSSR count). The van der Waals surface area contributed by atoms with Crippen molar-refractivity contribution in [3.63, 3.8) is 0 Å². The van der Waals surface area contributed by atoms with Crippen molar-refractivity contribution < 1.29 is 13.2 Å². The van der Waals surface area contributed by atoms with E-state index in [0.717, 1.165) is 31.9 Å². The highest BCUT2D eigenvalue weighted by atomic mass is 35.5. The van der Waals surface area contributed by atoms with Gasteiger partial charge in [-0.05, 0) is 38.1 Å². The molecule has 0 spiro atoms. The fraction of sp³-hybridized carbons (Fsp3) is 0.421. The number of nitrogens with one attached hydrogen (secondary N) is 2. The summed E-state index contributed by atoms with van der Waals surface area (Å²) >= 11 is 5.83. The van der Waals surface area contributed by atoms with E-state index in [-0.39, 0.29) is 15.7 Å². The van der Waals surface area contributed by atoms with E-state index in [2.05, 4.69) is 22.1 Å². The molecule has 1 aromatic carbocycles. The number of Topliss-reactive ketones (excluding diaryl/α,β-unsaturated/α-hetero) is 1. The monoisotopic (exact) mass is 411 g/mol. The van der Waals surface area contributed by atoms with Crippen molar-refractivity contribution >= 4 is 38.6 Å². The van der Waals surface area contributed by atoms with Gasteiger partial charge in [-0.25, -0.2) is 8.42 Å². The molecule has 1 aromatic rings. The summed E-state index contributed by atoms with van der Waals surface area (Å²) < 4.78 is 24.4. The topological polar surface area (TPSA) is 78.5 Å². The predicted molar refractivity (Wildman–Crippen MR) is 111 cm³/mol. The zero-order chi connectivity index (χ0) is 20.2. The number of nitrogens with zero attached hydrogens (tertiary/aromatic N) is 1. The molecule has 1 aliphatic heterocycles. The van der Waals surface area contributed by atoms with Gasteiger partial charge in [0.1, 0.15) is 0 Å². The number of piperazine rings is 1. The van der Waals surface area contributed by atoms with Gasteiger partial charge in [-0.2, -0.15) is 0 Å². The number of rotatable bonds is 7. The number of carbonyl (C=O) groups is 1. The fourth-order valence-corrected chi connectivity index (χ4v) is 4.04. The van der Waals surface area contributed by atoms with Crippen molar-refractivity contribution in [1.82, 2.24) is 5.32 Å². The molecular weight excluding hydrogens is 386 g/mol. The molecule has 1 saturated heterocycles. The number of sulfone groups is 1. The lowest BCUT2D eigenvalue weighted by molar-refractivity contribution is -0.113. The number of allylic oxidation sites excluding steroid dienone is 2. The highest BCUT2D eigenvalue weighted by molar-refractivity contribution is 7.90. The Morgan fingerprint density at radius 3 is 2.52 bits per heavy atom. The van der Waals surface area contributed by atoms with Crippen LogP contribution in [0.4, 0.5) is 11.4 Å². The van der Waals surface area contributed by atoms with Gasteiger partial charge in [-0.1, -0.05) is 18.2 Å². The summed E-state index contributed by atoms with van der Waals surface area (Å²) in [6.07, 6.45) is 2.67. The Balaban J connectivity index is 2.42. The Labute approximate surface area is 166 Å². The summed E-state index contributed by atoms with van der Waals surface area (Å²) in [5, 5.41) is 6.71. The van der Waals surface area contributed by atoms with E-state index in [1.807, 2.05) is 12.1 Å². The molecule has 2 N–H and O–H groups in total. The van der Waals surface area contributed by atoms with E-state index in [4.69, 9.17) is 11.6 Å². The first-order valence-corrected chi connectivity index (χ1v) is 11.0. The Bertz CT molecular complexity index is 859. The standard InChI is InChI=1S/C19H26ClN3O3S/c1-13(20)11-17(15(3)24)14(2)22-18-12-16(23-9-7-21-8-10-23)5-6-19(18)27(4,25)26/h5-6,11-12,14,21-22H,1,7-10H2,2-4H3/b17-11-. The maximum atomic E-state index is 12.2. The molecule has 1 atom stereocenters. The molecule has 0 radical (unpaired) electrons. The number of hydrogen-bond acceptors (Lipinski definition) is 6. The summed E-state index contributed by atoms with van der Waals surface area (Å²) in [5.74, 6) is -0.157. The number of anilines is 2. The molecule has 0 aromatic heterocycles. The molecule has 1 aliphatic rings. The van der Waals surface area contributed by atoms with Gasteiger partial charge in [0, 0.05) is 48.7 Å². The molecular formula is C19H26ClN3O3S. The maximum absolute atomic E-state index is 12.2. The number of hydrogen-bond donors (Lipinski definition) is 2. The summed E-state index contributed by atoms with van der Waals surface area (Å²) in [6.45, 7) is 10.3. The van der Waals surface area contributed by atoms with Gasteiger partial charge >= 0.3 is 0 Å². The van der Waals surface area contributed by atoms with Crippen LogP contribution in [0, 0.1) is 0 Å². The smallest absolute Gasteiger partial charge is 0.177 e. The second-order valence-electron chi connectivity index (χ2n) is 6.66. The van der Waals surface area contributed by atoms with Gasteiger partial charge in [-0.3, -0.25) is 4.79 Å². The Hall–Kier alpha value is -1.83. The van der Waals surface area contributed by atoms with Crippen LogP contribution in [0.3, 0.4) is 0 Å². The molecule has 0 aliphatic carbocycles. The fourth-order valence-electron chi connectivity index (χ4n) is 3.09. The highest BCUT2D eigenvalue weighted by Gasteiger charge is 2.20. The zero-order valence-corrected chi connectivity index (χ0v) is 17.5. The lowest BCUT2D eigenvalue weighted by atomic mass is 10.0. The first kappa shape index (κ1) is 21.5. The molecule has 0 bridgehead atoms. The van der Waals surface area contributed by atoms with Crippen LogP contribution < -0.4 is 15.5 Å². The normalized spacial score (nSPS) is 16.7. The van der Waals surface area contributed by atoms with Gasteiger partial charge in [0.05, 0.1) is 16.6 Å². The van der Waals surface area contributed by atoms with Crippen LogP contribution in [0.5, 0.6) is 0 Å².